The van der Waals surface area contributed by atoms with Crippen LogP contribution in [0.5, 0.6) is 0 Å². The number of hydrogen-bond acceptors (Lipinski definition) is 2. The number of amides is 2. The van der Waals surface area contributed by atoms with Crippen LogP contribution >= 0.6 is 23.9 Å². The van der Waals surface area contributed by atoms with Gasteiger partial charge in [0.25, 0.3) is 11.8 Å². The molecule has 1 heterocycles. The van der Waals surface area contributed by atoms with Crippen LogP contribution in [0.15, 0.2) is 115 Å². The summed E-state index contributed by atoms with van der Waals surface area (Å²) < 4.78 is 0. The van der Waals surface area contributed by atoms with Crippen molar-refractivity contribution in [1.29, 1.82) is 0 Å². The molecular formula is C28H23BrNO2P. The lowest BCUT2D eigenvalue weighted by Crippen LogP contribution is -2.31. The minimum Gasteiger partial charge on any atom is -0.273 e. The summed E-state index contributed by atoms with van der Waals surface area (Å²) in [5.41, 5.74) is 1.02. The van der Waals surface area contributed by atoms with E-state index in [9.17, 15) is 9.59 Å². The molecule has 3 nitrogen and oxygen atoms in total. The fraction of sp³-hybridized carbons (Fsp3) is 0.0714. The molecule has 0 aromatic heterocycles. The lowest BCUT2D eigenvalue weighted by atomic mass is 10.1. The zero-order valence-corrected chi connectivity index (χ0v) is 20.5. The molecular weight excluding hydrogens is 493 g/mol. The Hall–Kier alpha value is -3.07. The third-order valence-electron chi connectivity index (χ3n) is 5.23. The highest BCUT2D eigenvalue weighted by Crippen LogP contribution is 2.32. The summed E-state index contributed by atoms with van der Waals surface area (Å²) in [4.78, 5) is 24.6. The summed E-state index contributed by atoms with van der Waals surface area (Å²) >= 11 is 3.21. The molecule has 0 radical (unpaired) electrons. The molecule has 164 valence electrons. The Balaban J connectivity index is 0.000000165. The summed E-state index contributed by atoms with van der Waals surface area (Å²) in [5.74, 6) is -0.380. The number of fused-ring (bicyclic) bond motifs is 1. The van der Waals surface area contributed by atoms with E-state index in [0.29, 0.717) is 23.0 Å². The minimum absolute atomic E-state index is 0.190. The van der Waals surface area contributed by atoms with E-state index in [1.165, 1.54) is 20.8 Å². The van der Waals surface area contributed by atoms with Crippen molar-refractivity contribution in [3.05, 3.63) is 126 Å². The van der Waals surface area contributed by atoms with Crippen molar-refractivity contribution in [2.75, 3.05) is 11.9 Å². The predicted octanol–water partition coefficient (Wildman–Crippen LogP) is 5.12. The first kappa shape index (κ1) is 23.1. The first-order chi connectivity index (χ1) is 16.2. The standard InChI is InChI=1S/C18H15P.C10H8BrNO2/c1-4-10-16(11-5-1)19(17-12-6-2-7-13-17)18-14-8-3-9-15-18;11-5-6-12-9(13)7-3-1-2-4-8(7)10(12)14/h1-15H;1-4H,5-6H2. The van der Waals surface area contributed by atoms with E-state index < -0.39 is 7.92 Å². The highest BCUT2D eigenvalue weighted by Gasteiger charge is 2.34. The van der Waals surface area contributed by atoms with Crippen LogP contribution in [-0.4, -0.2) is 28.6 Å². The molecule has 4 aromatic rings. The zero-order valence-electron chi connectivity index (χ0n) is 18.0. The quantitative estimate of drug-likeness (QED) is 0.210. The smallest absolute Gasteiger partial charge is 0.261 e. The molecule has 0 aliphatic carbocycles. The Morgan fingerprint density at radius 2 is 0.879 bits per heavy atom. The van der Waals surface area contributed by atoms with Crippen LogP contribution in [0, 0.1) is 0 Å². The summed E-state index contributed by atoms with van der Waals surface area (Å²) in [6.07, 6.45) is 0. The fourth-order valence-electron chi connectivity index (χ4n) is 3.71. The third-order valence-corrected chi connectivity index (χ3v) is 8.03. The van der Waals surface area contributed by atoms with E-state index in [1.807, 2.05) is 0 Å². The van der Waals surface area contributed by atoms with Crippen LogP contribution in [0.4, 0.5) is 0 Å². The van der Waals surface area contributed by atoms with Crippen LogP contribution in [0.1, 0.15) is 20.7 Å². The van der Waals surface area contributed by atoms with Gasteiger partial charge in [0.1, 0.15) is 0 Å². The van der Waals surface area contributed by atoms with E-state index >= 15 is 0 Å². The van der Waals surface area contributed by atoms with Gasteiger partial charge < -0.3 is 0 Å². The Morgan fingerprint density at radius 3 is 1.21 bits per heavy atom. The highest BCUT2D eigenvalue weighted by molar-refractivity contribution is 9.09. The lowest BCUT2D eigenvalue weighted by molar-refractivity contribution is 0.0665. The van der Waals surface area contributed by atoms with Crippen molar-refractivity contribution < 1.29 is 9.59 Å². The molecule has 0 saturated heterocycles. The molecule has 5 heteroatoms. The Kier molecular flexibility index (Phi) is 7.83. The molecule has 5 rings (SSSR count). The van der Waals surface area contributed by atoms with Crippen molar-refractivity contribution in [3.8, 4) is 0 Å². The molecule has 1 aliphatic rings. The predicted molar refractivity (Wildman–Crippen MR) is 141 cm³/mol. The van der Waals surface area contributed by atoms with Crippen LogP contribution in [0.3, 0.4) is 0 Å². The number of benzene rings is 4. The first-order valence-corrected chi connectivity index (χ1v) is 13.1. The number of carbonyl (C=O) groups excluding carboxylic acids is 2. The maximum absolute atomic E-state index is 11.7. The number of rotatable bonds is 5. The Labute approximate surface area is 204 Å². The third kappa shape index (κ3) is 5.30. The maximum Gasteiger partial charge on any atom is 0.261 e. The van der Waals surface area contributed by atoms with Gasteiger partial charge >= 0.3 is 0 Å². The maximum atomic E-state index is 11.7. The SMILES string of the molecule is O=C1c2ccccc2C(=O)N1CCBr.c1ccc(P(c2ccccc2)c2ccccc2)cc1. The minimum atomic E-state index is -0.446. The second-order valence-electron chi connectivity index (χ2n) is 7.34. The van der Waals surface area contributed by atoms with Crippen LogP contribution in [0.25, 0.3) is 0 Å². The Bertz CT molecular complexity index is 1090. The molecule has 0 saturated carbocycles. The van der Waals surface area contributed by atoms with Gasteiger partial charge in [0, 0.05) is 11.9 Å². The van der Waals surface area contributed by atoms with Gasteiger partial charge in [0.05, 0.1) is 11.1 Å². The van der Waals surface area contributed by atoms with Gasteiger partial charge in [0.2, 0.25) is 0 Å². The molecule has 0 bridgehead atoms. The second kappa shape index (κ2) is 11.2. The van der Waals surface area contributed by atoms with Gasteiger partial charge in [-0.3, -0.25) is 14.5 Å². The normalized spacial score (nSPS) is 12.4. The van der Waals surface area contributed by atoms with E-state index in [2.05, 4.69) is 107 Å². The van der Waals surface area contributed by atoms with Gasteiger partial charge in [-0.05, 0) is 36.0 Å². The molecule has 0 N–H and O–H groups in total. The average molecular weight is 516 g/mol. The first-order valence-electron chi connectivity index (χ1n) is 10.7. The summed E-state index contributed by atoms with van der Waals surface area (Å²) in [6.45, 7) is 0.423. The van der Waals surface area contributed by atoms with Crippen molar-refractivity contribution in [3.63, 3.8) is 0 Å². The van der Waals surface area contributed by atoms with Crippen molar-refractivity contribution in [1.82, 2.24) is 4.90 Å². The van der Waals surface area contributed by atoms with E-state index in [-0.39, 0.29) is 11.8 Å². The van der Waals surface area contributed by atoms with Gasteiger partial charge in [-0.1, -0.05) is 119 Å². The van der Waals surface area contributed by atoms with Crippen molar-refractivity contribution in [2.24, 2.45) is 0 Å². The number of hydrogen-bond donors (Lipinski definition) is 0. The molecule has 4 aromatic carbocycles. The number of carbonyl (C=O) groups is 2. The van der Waals surface area contributed by atoms with E-state index in [0.717, 1.165) is 0 Å². The number of alkyl halides is 1. The number of halogens is 1. The van der Waals surface area contributed by atoms with Gasteiger partial charge in [-0.25, -0.2) is 0 Å². The monoisotopic (exact) mass is 515 g/mol. The topological polar surface area (TPSA) is 37.4 Å². The Morgan fingerprint density at radius 1 is 0.545 bits per heavy atom. The molecule has 1 aliphatic heterocycles. The molecule has 0 atom stereocenters. The van der Waals surface area contributed by atoms with Crippen LogP contribution in [-0.2, 0) is 0 Å². The largest absolute Gasteiger partial charge is 0.273 e. The van der Waals surface area contributed by atoms with Gasteiger partial charge in [0.15, 0.2) is 0 Å². The summed E-state index contributed by atoms with van der Waals surface area (Å²) in [7, 11) is -0.446. The van der Waals surface area contributed by atoms with Crippen molar-refractivity contribution >= 4 is 51.6 Å². The van der Waals surface area contributed by atoms with Gasteiger partial charge in [-0.15, -0.1) is 0 Å². The second-order valence-corrected chi connectivity index (χ2v) is 10.4. The number of nitrogens with zero attached hydrogens (tertiary/aromatic N) is 1. The van der Waals surface area contributed by atoms with E-state index in [1.54, 1.807) is 24.3 Å². The van der Waals surface area contributed by atoms with Crippen molar-refractivity contribution in [2.45, 2.75) is 0 Å². The highest BCUT2D eigenvalue weighted by atomic mass is 79.9. The van der Waals surface area contributed by atoms with Crippen LogP contribution in [0.2, 0.25) is 0 Å². The lowest BCUT2D eigenvalue weighted by Gasteiger charge is -2.18. The molecule has 0 unspecified atom stereocenters. The van der Waals surface area contributed by atoms with Gasteiger partial charge in [-0.2, -0.15) is 0 Å². The van der Waals surface area contributed by atoms with E-state index in [4.69, 9.17) is 0 Å². The summed E-state index contributed by atoms with van der Waals surface area (Å²) in [5, 5.41) is 4.80. The molecule has 0 spiro atoms. The molecule has 0 fully saturated rings. The number of imide groups is 1. The molecule has 2 amide bonds. The zero-order chi connectivity index (χ0) is 23.0. The van der Waals surface area contributed by atoms with Crippen LogP contribution < -0.4 is 15.9 Å². The molecule has 33 heavy (non-hydrogen) atoms. The summed E-state index contributed by atoms with van der Waals surface area (Å²) in [6, 6.07) is 39.2. The average Bonchev–Trinajstić information content (AvgIpc) is 3.12. The fourth-order valence-corrected chi connectivity index (χ4v) is 6.37.